The zero-order valence-electron chi connectivity index (χ0n) is 12.0. The largest absolute Gasteiger partial charge is 1.00 e. The summed E-state index contributed by atoms with van der Waals surface area (Å²) in [4.78, 5) is 0. The average Bonchev–Trinajstić information content (AvgIpc) is 2.46. The Balaban J connectivity index is 0.00000103. The molecule has 2 rings (SSSR count). The SMILES string of the molecule is C=N.CC/C(C)=C\Nc1ccc2c[c-]ccc2c1.[K+]. The van der Waals surface area contributed by atoms with Crippen LogP contribution in [0.15, 0.2) is 48.2 Å². The zero-order chi connectivity index (χ0) is 13.4. The number of fused-ring (bicyclic) bond motifs is 1. The number of nitrogens with one attached hydrogen (secondary N) is 2. The molecule has 2 nitrogen and oxygen atoms in total. The van der Waals surface area contributed by atoms with Gasteiger partial charge in [-0.3, -0.25) is 0 Å². The predicted molar refractivity (Wildman–Crippen MR) is 80.3 cm³/mol. The predicted octanol–water partition coefficient (Wildman–Crippen LogP) is 1.64. The van der Waals surface area contributed by atoms with E-state index < -0.39 is 0 Å². The van der Waals surface area contributed by atoms with Crippen LogP contribution >= 0.6 is 0 Å². The molecule has 0 aliphatic heterocycles. The molecular formula is C16H19KN2. The van der Waals surface area contributed by atoms with Gasteiger partial charge in [-0.1, -0.05) is 24.6 Å². The molecule has 19 heavy (non-hydrogen) atoms. The van der Waals surface area contributed by atoms with Crippen molar-refractivity contribution < 1.29 is 51.4 Å². The third-order valence-corrected chi connectivity index (χ3v) is 2.73. The van der Waals surface area contributed by atoms with Crippen LogP contribution < -0.4 is 56.7 Å². The van der Waals surface area contributed by atoms with Crippen LogP contribution in [0.25, 0.3) is 10.8 Å². The summed E-state index contributed by atoms with van der Waals surface area (Å²) in [5.74, 6) is 0. The first-order valence-corrected chi connectivity index (χ1v) is 5.97. The molecule has 0 atom stereocenters. The summed E-state index contributed by atoms with van der Waals surface area (Å²) in [6.07, 6.45) is 3.14. The van der Waals surface area contributed by atoms with Gasteiger partial charge in [0.2, 0.25) is 0 Å². The Morgan fingerprint density at radius 3 is 2.74 bits per heavy atom. The van der Waals surface area contributed by atoms with Crippen LogP contribution in [-0.2, 0) is 0 Å². The van der Waals surface area contributed by atoms with Crippen LogP contribution in [0.4, 0.5) is 5.69 Å². The van der Waals surface area contributed by atoms with Crippen molar-refractivity contribution in [2.45, 2.75) is 20.3 Å². The molecule has 0 fully saturated rings. The van der Waals surface area contributed by atoms with Gasteiger partial charge in [0.05, 0.1) is 0 Å². The van der Waals surface area contributed by atoms with Crippen molar-refractivity contribution in [1.29, 1.82) is 5.41 Å². The summed E-state index contributed by atoms with van der Waals surface area (Å²) in [7, 11) is 0. The van der Waals surface area contributed by atoms with Crippen molar-refractivity contribution >= 4 is 23.2 Å². The maximum atomic E-state index is 5.50. The van der Waals surface area contributed by atoms with Crippen LogP contribution in [0.1, 0.15) is 20.3 Å². The van der Waals surface area contributed by atoms with Gasteiger partial charge in [-0.15, -0.1) is 16.8 Å². The molecule has 3 heteroatoms. The van der Waals surface area contributed by atoms with Crippen LogP contribution in [0.5, 0.6) is 0 Å². The van der Waals surface area contributed by atoms with E-state index in [4.69, 9.17) is 5.41 Å². The van der Waals surface area contributed by atoms with Gasteiger partial charge in [0, 0.05) is 5.69 Å². The summed E-state index contributed by atoms with van der Waals surface area (Å²) >= 11 is 0. The summed E-state index contributed by atoms with van der Waals surface area (Å²) in [5.41, 5.74) is 2.48. The summed E-state index contributed by atoms with van der Waals surface area (Å²) in [5, 5.41) is 11.3. The van der Waals surface area contributed by atoms with Crippen molar-refractivity contribution in [3.05, 3.63) is 54.2 Å². The number of hydrogen-bond acceptors (Lipinski definition) is 2. The quantitative estimate of drug-likeness (QED) is 0.500. The Bertz CT molecular complexity index is 535. The fraction of sp³-hybridized carbons (Fsp3) is 0.188. The molecule has 0 bridgehead atoms. The molecule has 0 amide bonds. The van der Waals surface area contributed by atoms with Crippen molar-refractivity contribution in [3.63, 3.8) is 0 Å². The standard InChI is InChI=1S/C15H16N.CH3N.K/c1-3-12(2)11-16-15-9-8-13-6-4-5-7-14(13)10-15;1-2;/h5-11,16H,3H2,1-2H3;2H,1H2;/q-1;;+1/b12-11-;;. The molecule has 0 saturated heterocycles. The second-order valence-electron chi connectivity index (χ2n) is 3.98. The molecular weight excluding hydrogens is 259 g/mol. The second kappa shape index (κ2) is 10.3. The van der Waals surface area contributed by atoms with Crippen LogP contribution in [0, 0.1) is 11.5 Å². The van der Waals surface area contributed by atoms with Gasteiger partial charge in [0.25, 0.3) is 0 Å². The molecule has 2 N–H and O–H groups in total. The van der Waals surface area contributed by atoms with E-state index in [1.54, 1.807) is 0 Å². The maximum absolute atomic E-state index is 5.50. The number of benzene rings is 2. The number of rotatable bonds is 3. The van der Waals surface area contributed by atoms with E-state index in [1.165, 1.54) is 16.3 Å². The van der Waals surface area contributed by atoms with Gasteiger partial charge in [0.1, 0.15) is 0 Å². The van der Waals surface area contributed by atoms with E-state index in [2.05, 4.69) is 62.4 Å². The van der Waals surface area contributed by atoms with Crippen molar-refractivity contribution in [2.24, 2.45) is 0 Å². The van der Waals surface area contributed by atoms with E-state index in [0.717, 1.165) is 12.1 Å². The Morgan fingerprint density at radius 1 is 1.32 bits per heavy atom. The molecule has 0 aliphatic carbocycles. The van der Waals surface area contributed by atoms with Gasteiger partial charge in [-0.25, -0.2) is 0 Å². The molecule has 0 heterocycles. The zero-order valence-corrected chi connectivity index (χ0v) is 15.1. The molecule has 2 aromatic rings. The molecule has 0 saturated carbocycles. The van der Waals surface area contributed by atoms with Crippen LogP contribution in [0.2, 0.25) is 0 Å². The van der Waals surface area contributed by atoms with Gasteiger partial charge in [-0.2, -0.15) is 24.3 Å². The molecule has 0 unspecified atom stereocenters. The first-order chi connectivity index (χ1) is 8.79. The average molecular weight is 278 g/mol. The van der Waals surface area contributed by atoms with E-state index >= 15 is 0 Å². The number of anilines is 1. The molecule has 94 valence electrons. The minimum atomic E-state index is 0. The fourth-order valence-corrected chi connectivity index (χ4v) is 1.52. The van der Waals surface area contributed by atoms with E-state index in [0.29, 0.717) is 0 Å². The van der Waals surface area contributed by atoms with E-state index in [9.17, 15) is 0 Å². The fourth-order valence-electron chi connectivity index (χ4n) is 1.52. The van der Waals surface area contributed by atoms with E-state index in [-0.39, 0.29) is 51.4 Å². The normalized spacial score (nSPS) is 10.1. The molecule has 0 aromatic heterocycles. The van der Waals surface area contributed by atoms with Crippen molar-refractivity contribution in [2.75, 3.05) is 5.32 Å². The number of allylic oxidation sites excluding steroid dienone is 1. The Labute approximate surface area is 158 Å². The third-order valence-electron chi connectivity index (χ3n) is 2.73. The monoisotopic (exact) mass is 278 g/mol. The topological polar surface area (TPSA) is 35.9 Å². The Morgan fingerprint density at radius 2 is 2.05 bits per heavy atom. The molecule has 0 spiro atoms. The van der Waals surface area contributed by atoms with Crippen molar-refractivity contribution in [3.8, 4) is 0 Å². The molecule has 2 aromatic carbocycles. The van der Waals surface area contributed by atoms with Gasteiger partial charge in [0.15, 0.2) is 0 Å². The second-order valence-corrected chi connectivity index (χ2v) is 3.98. The maximum Gasteiger partial charge on any atom is 1.00 e. The molecule has 0 radical (unpaired) electrons. The minimum absolute atomic E-state index is 0. The first kappa shape index (κ1) is 18.5. The van der Waals surface area contributed by atoms with Gasteiger partial charge >= 0.3 is 51.4 Å². The summed E-state index contributed by atoms with van der Waals surface area (Å²) in [6.45, 7) is 6.78. The molecule has 0 aliphatic rings. The third kappa shape index (κ3) is 6.02. The Hall–Kier alpha value is -0.454. The summed E-state index contributed by atoms with van der Waals surface area (Å²) < 4.78 is 0. The van der Waals surface area contributed by atoms with Gasteiger partial charge in [-0.05, 0) is 26.3 Å². The smallest absolute Gasteiger partial charge is 0.362 e. The first-order valence-electron chi connectivity index (χ1n) is 5.97. The van der Waals surface area contributed by atoms with Crippen LogP contribution in [0.3, 0.4) is 0 Å². The van der Waals surface area contributed by atoms with Gasteiger partial charge < -0.3 is 10.7 Å². The minimum Gasteiger partial charge on any atom is -0.362 e. The summed E-state index contributed by atoms with van der Waals surface area (Å²) in [6, 6.07) is 15.5. The van der Waals surface area contributed by atoms with Crippen molar-refractivity contribution in [1.82, 2.24) is 0 Å². The Kier molecular flexibility index (Phi) is 10.1. The number of hydrogen-bond donors (Lipinski definition) is 2. The van der Waals surface area contributed by atoms with Crippen LogP contribution in [-0.4, -0.2) is 6.72 Å². The van der Waals surface area contributed by atoms with E-state index in [1.807, 2.05) is 12.1 Å².